The van der Waals surface area contributed by atoms with Crippen molar-refractivity contribution >= 4 is 117 Å². The lowest BCUT2D eigenvalue weighted by atomic mass is 10.1. The third-order valence-corrected chi connectivity index (χ3v) is 16.3. The van der Waals surface area contributed by atoms with Gasteiger partial charge in [0.25, 0.3) is 0 Å². The van der Waals surface area contributed by atoms with Gasteiger partial charge in [0, 0.05) is 89.6 Å². The van der Waals surface area contributed by atoms with E-state index >= 15 is 0 Å². The van der Waals surface area contributed by atoms with Gasteiger partial charge in [0.1, 0.15) is 0 Å². The monoisotopic (exact) mass is 1080 g/mol. The summed E-state index contributed by atoms with van der Waals surface area (Å²) in [6.45, 7) is 0. The molecule has 0 saturated heterocycles. The Hall–Kier alpha value is -11.5. The summed E-state index contributed by atoms with van der Waals surface area (Å²) in [4.78, 5) is 6.87. The van der Waals surface area contributed by atoms with E-state index in [4.69, 9.17) is 10.2 Å². The zero-order valence-electron chi connectivity index (χ0n) is 45.6. The third kappa shape index (κ3) is 8.07. The van der Waals surface area contributed by atoms with Gasteiger partial charge in [-0.25, -0.2) is 0 Å². The van der Waals surface area contributed by atoms with Gasteiger partial charge in [-0.3, -0.25) is 9.80 Å². The number of hydrogen-bond acceptors (Lipinski definition) is 5. The summed E-state index contributed by atoms with van der Waals surface area (Å²) < 4.78 is 7.08. The Kier molecular flexibility index (Phi) is 11.7. The number of para-hydroxylation sites is 9. The molecular formula is C76H52N8. The number of fused-ring (bicyclic) bond motifs is 9. The highest BCUT2D eigenvalue weighted by Crippen LogP contribution is 2.49. The van der Waals surface area contributed by atoms with E-state index in [9.17, 15) is 0 Å². The molecule has 396 valence electrons. The van der Waals surface area contributed by atoms with Gasteiger partial charge in [0.2, 0.25) is 0 Å². The van der Waals surface area contributed by atoms with Gasteiger partial charge in [0.15, 0.2) is 11.6 Å². The van der Waals surface area contributed by atoms with Crippen molar-refractivity contribution in [2.75, 3.05) is 14.7 Å². The Labute approximate surface area is 485 Å². The molecule has 84 heavy (non-hydrogen) atoms. The van der Waals surface area contributed by atoms with Crippen LogP contribution in [0, 0.1) is 0 Å². The molecule has 0 aliphatic heterocycles. The number of benzene rings is 12. The number of anilines is 9. The first-order valence-electron chi connectivity index (χ1n) is 28.4. The van der Waals surface area contributed by atoms with Gasteiger partial charge in [-0.05, 0) is 146 Å². The summed E-state index contributed by atoms with van der Waals surface area (Å²) >= 11 is 0. The first-order chi connectivity index (χ1) is 41.7. The molecule has 16 aromatic rings. The maximum Gasteiger partial charge on any atom is 0.184 e. The summed E-state index contributed by atoms with van der Waals surface area (Å²) in [6.07, 6.45) is 0. The maximum atomic E-state index is 5.56. The molecule has 0 fully saturated rings. The Morgan fingerprint density at radius 1 is 0.214 bits per heavy atom. The van der Waals surface area contributed by atoms with Crippen LogP contribution in [0.2, 0.25) is 0 Å². The van der Waals surface area contributed by atoms with Gasteiger partial charge in [-0.15, -0.1) is 10.2 Å². The molecule has 8 heteroatoms. The Morgan fingerprint density at radius 3 is 0.905 bits per heavy atom. The van der Waals surface area contributed by atoms with E-state index in [0.717, 1.165) is 122 Å². The summed E-state index contributed by atoms with van der Waals surface area (Å²) in [5, 5.41) is 17.8. The van der Waals surface area contributed by atoms with Crippen LogP contribution >= 0.6 is 0 Å². The SMILES string of the molecule is c1ccc(N(c2ccc3c(c2)c2ccccc2n3-c2ccccc2)c2cc(N(c3ccccc3)c3ccc4c(c3)c3ccccc3n4-c3ccccc3)c(N(c3ccccc3)c3ccc4c(c3)c3ccccc3n4-c3ccccc3)nn2)cc1. The molecule has 0 N–H and O–H groups in total. The molecule has 0 spiro atoms. The van der Waals surface area contributed by atoms with Crippen molar-refractivity contribution in [2.45, 2.75) is 0 Å². The molecule has 16 rings (SSSR count). The van der Waals surface area contributed by atoms with E-state index in [1.165, 1.54) is 0 Å². The quantitative estimate of drug-likeness (QED) is 0.122. The molecule has 0 unspecified atom stereocenters. The van der Waals surface area contributed by atoms with Gasteiger partial charge < -0.3 is 18.6 Å². The third-order valence-electron chi connectivity index (χ3n) is 16.3. The fourth-order valence-electron chi connectivity index (χ4n) is 12.6. The normalized spacial score (nSPS) is 11.6. The molecule has 0 bridgehead atoms. The molecule has 8 nitrogen and oxygen atoms in total. The predicted molar refractivity (Wildman–Crippen MR) is 349 cm³/mol. The van der Waals surface area contributed by atoms with Crippen LogP contribution in [0.15, 0.2) is 315 Å². The molecule has 0 amide bonds. The average Bonchev–Trinajstić information content (AvgIpc) is 2.79. The average molecular weight is 1080 g/mol. The molecular weight excluding hydrogens is 1020 g/mol. The molecule has 0 radical (unpaired) electrons. The minimum absolute atomic E-state index is 0.640. The van der Waals surface area contributed by atoms with Crippen LogP contribution in [-0.4, -0.2) is 23.9 Å². The van der Waals surface area contributed by atoms with Crippen LogP contribution < -0.4 is 14.7 Å². The van der Waals surface area contributed by atoms with Gasteiger partial charge in [-0.1, -0.05) is 164 Å². The lowest BCUT2D eigenvalue weighted by Gasteiger charge is -2.33. The minimum Gasteiger partial charge on any atom is -0.309 e. The van der Waals surface area contributed by atoms with Crippen LogP contribution in [-0.2, 0) is 0 Å². The molecule has 4 aromatic heterocycles. The number of rotatable bonds is 12. The maximum absolute atomic E-state index is 5.56. The predicted octanol–water partition coefficient (Wildman–Crippen LogP) is 20.2. The number of hydrogen-bond donors (Lipinski definition) is 0. The lowest BCUT2D eigenvalue weighted by molar-refractivity contribution is 0.979. The van der Waals surface area contributed by atoms with E-state index in [1.54, 1.807) is 0 Å². The summed E-state index contributed by atoms with van der Waals surface area (Å²) in [5.41, 5.74) is 16.5. The zero-order valence-corrected chi connectivity index (χ0v) is 45.6. The van der Waals surface area contributed by atoms with E-state index in [0.29, 0.717) is 11.6 Å². The van der Waals surface area contributed by atoms with Gasteiger partial charge in [0.05, 0.1) is 38.8 Å². The first kappa shape index (κ1) is 48.4. The molecule has 12 aromatic carbocycles. The smallest absolute Gasteiger partial charge is 0.184 e. The molecule has 0 aliphatic carbocycles. The van der Waals surface area contributed by atoms with Crippen molar-refractivity contribution in [1.82, 2.24) is 23.9 Å². The van der Waals surface area contributed by atoms with Crippen LogP contribution in [0.25, 0.3) is 82.5 Å². The Bertz CT molecular complexity index is 5080. The highest BCUT2D eigenvalue weighted by molar-refractivity contribution is 6.13. The minimum atomic E-state index is 0.640. The fourth-order valence-corrected chi connectivity index (χ4v) is 12.6. The number of aromatic nitrogens is 5. The highest BCUT2D eigenvalue weighted by atomic mass is 15.3. The van der Waals surface area contributed by atoms with E-state index in [2.05, 4.69) is 344 Å². The summed E-state index contributed by atoms with van der Waals surface area (Å²) in [7, 11) is 0. The van der Waals surface area contributed by atoms with Gasteiger partial charge in [-0.2, -0.15) is 0 Å². The molecule has 4 heterocycles. The first-order valence-corrected chi connectivity index (χ1v) is 28.4. The van der Waals surface area contributed by atoms with E-state index in [-0.39, 0.29) is 0 Å². The van der Waals surface area contributed by atoms with Crippen molar-refractivity contribution in [3.63, 3.8) is 0 Å². The van der Waals surface area contributed by atoms with Crippen molar-refractivity contribution in [3.05, 3.63) is 315 Å². The standard InChI is InChI=1S/C76H52N8/c1-7-25-53(26-8-1)79(59-43-46-71-65(49-59)62-37-19-22-40-68(62)82(71)56-31-13-4-14-32-56)74-52-75(80(54-27-9-2-10-28-54)60-44-47-72-66(50-60)63-38-20-23-41-69(63)83(72)57-33-15-5-16-34-57)77-78-76(74)81(55-29-11-3-12-30-55)61-45-48-73-67(51-61)64-39-21-24-42-70(64)84(73)58-35-17-6-18-36-58/h1-52H. The highest BCUT2D eigenvalue weighted by Gasteiger charge is 2.29. The zero-order chi connectivity index (χ0) is 55.5. The number of nitrogens with zero attached hydrogens (tertiary/aromatic N) is 8. The van der Waals surface area contributed by atoms with Crippen LogP contribution in [0.3, 0.4) is 0 Å². The molecule has 0 saturated carbocycles. The topological polar surface area (TPSA) is 50.3 Å². The van der Waals surface area contributed by atoms with E-state index in [1.807, 2.05) is 0 Å². The van der Waals surface area contributed by atoms with Crippen LogP contribution in [0.5, 0.6) is 0 Å². The second-order valence-electron chi connectivity index (χ2n) is 21.1. The second kappa shape index (κ2) is 20.3. The van der Waals surface area contributed by atoms with Crippen molar-refractivity contribution in [2.24, 2.45) is 0 Å². The molecule has 0 atom stereocenters. The van der Waals surface area contributed by atoms with E-state index < -0.39 is 0 Å². The Balaban J connectivity index is 0.972. The van der Waals surface area contributed by atoms with Crippen LogP contribution in [0.4, 0.5) is 51.4 Å². The summed E-state index contributed by atoms with van der Waals surface area (Å²) in [5.74, 6) is 1.28. The van der Waals surface area contributed by atoms with Crippen LogP contribution in [0.1, 0.15) is 0 Å². The lowest BCUT2D eigenvalue weighted by Crippen LogP contribution is -2.21. The van der Waals surface area contributed by atoms with Crippen molar-refractivity contribution in [3.8, 4) is 17.1 Å². The summed E-state index contributed by atoms with van der Waals surface area (Å²) in [6, 6.07) is 112. The molecule has 0 aliphatic rings. The Morgan fingerprint density at radius 2 is 0.512 bits per heavy atom. The van der Waals surface area contributed by atoms with Crippen molar-refractivity contribution in [1.29, 1.82) is 0 Å². The van der Waals surface area contributed by atoms with Crippen molar-refractivity contribution < 1.29 is 0 Å². The van der Waals surface area contributed by atoms with Gasteiger partial charge >= 0.3 is 0 Å². The second-order valence-corrected chi connectivity index (χ2v) is 21.1. The largest absolute Gasteiger partial charge is 0.309 e. The fraction of sp³-hybridized carbons (Fsp3) is 0.